The highest BCUT2D eigenvalue weighted by Crippen LogP contribution is 2.17. The smallest absolute Gasteiger partial charge is 0.272 e. The molecule has 0 fully saturated rings. The van der Waals surface area contributed by atoms with Crippen molar-refractivity contribution in [2.75, 3.05) is 7.05 Å². The van der Waals surface area contributed by atoms with Crippen molar-refractivity contribution < 1.29 is 18.4 Å². The normalized spacial score (nSPS) is 11.6. The van der Waals surface area contributed by atoms with Crippen LogP contribution in [0.25, 0.3) is 0 Å². The van der Waals surface area contributed by atoms with Crippen molar-refractivity contribution in [1.29, 1.82) is 0 Å². The van der Waals surface area contributed by atoms with Crippen LogP contribution in [-0.2, 0) is 4.79 Å². The quantitative estimate of drug-likeness (QED) is 0.751. The molecule has 0 saturated carbocycles. The van der Waals surface area contributed by atoms with E-state index in [1.54, 1.807) is 0 Å². The van der Waals surface area contributed by atoms with E-state index in [0.717, 1.165) is 18.2 Å². The first-order valence-electron chi connectivity index (χ1n) is 6.45. The van der Waals surface area contributed by atoms with Crippen LogP contribution in [-0.4, -0.2) is 29.1 Å². The van der Waals surface area contributed by atoms with Crippen LogP contribution in [0.15, 0.2) is 35.1 Å². The molecular weight excluding hydrogens is 310 g/mol. The van der Waals surface area contributed by atoms with Gasteiger partial charge in [-0.05, 0) is 23.8 Å². The molecule has 0 saturated heterocycles. The maximum atomic E-state index is 13.3. The molecule has 3 N–H and O–H groups in total. The number of nitrogens with zero attached hydrogens (tertiary/aromatic N) is 1. The average Bonchev–Trinajstić information content (AvgIpc) is 2.55. The molecule has 2 amide bonds. The molecule has 0 aliphatic carbocycles. The molecule has 0 unspecified atom stereocenters. The number of carbonyl (C=O) groups excluding carboxylic acids is 2. The number of nitrogens with one attached hydrogen (secondary N) is 3. The fraction of sp³-hybridized carbons (Fsp3) is 0.143. The molecule has 1 aromatic carbocycles. The van der Waals surface area contributed by atoms with Crippen LogP contribution in [0.5, 0.6) is 0 Å². The molecule has 2 rings (SSSR count). The number of amides is 2. The summed E-state index contributed by atoms with van der Waals surface area (Å²) >= 11 is 0. The number of hydrogen-bond acceptors (Lipinski definition) is 4. The van der Waals surface area contributed by atoms with Crippen molar-refractivity contribution in [3.63, 3.8) is 0 Å². The predicted molar refractivity (Wildman–Crippen MR) is 75.5 cm³/mol. The van der Waals surface area contributed by atoms with Crippen molar-refractivity contribution in [3.05, 3.63) is 63.6 Å². The number of likely N-dealkylation sites (N-methyl/N-ethyl adjacent to an activating group) is 1. The Balaban J connectivity index is 2.30. The Morgan fingerprint density at radius 1 is 1.17 bits per heavy atom. The first-order valence-corrected chi connectivity index (χ1v) is 6.45. The lowest BCUT2D eigenvalue weighted by Crippen LogP contribution is -2.39. The molecular formula is C14H12F2N4O3. The van der Waals surface area contributed by atoms with Crippen molar-refractivity contribution in [2.45, 2.75) is 6.04 Å². The number of H-pyrrole nitrogens is 1. The summed E-state index contributed by atoms with van der Waals surface area (Å²) in [6, 6.07) is 3.85. The third kappa shape index (κ3) is 3.76. The summed E-state index contributed by atoms with van der Waals surface area (Å²) < 4.78 is 26.3. The summed E-state index contributed by atoms with van der Waals surface area (Å²) in [5, 5.41) is 10.3. The highest BCUT2D eigenvalue weighted by molar-refractivity contribution is 5.96. The first kappa shape index (κ1) is 16.3. The summed E-state index contributed by atoms with van der Waals surface area (Å²) in [6.45, 7) is 0. The second-order valence-electron chi connectivity index (χ2n) is 4.50. The van der Waals surface area contributed by atoms with Gasteiger partial charge in [-0.15, -0.1) is 0 Å². The highest BCUT2D eigenvalue weighted by Gasteiger charge is 2.24. The molecule has 1 aromatic heterocycles. The van der Waals surface area contributed by atoms with Gasteiger partial charge in [0.05, 0.1) is 0 Å². The van der Waals surface area contributed by atoms with Gasteiger partial charge in [0.2, 0.25) is 5.91 Å². The standard InChI is InChI=1S/C14H12F2N4O3/c1-17-14(23)12(7-2-3-8(15)9(16)6-7)18-13(22)10-4-5-11(21)20-19-10/h2-6,12H,1H3,(H,17,23)(H,18,22)(H,20,21)/t12-/m1/s1. The maximum absolute atomic E-state index is 13.3. The summed E-state index contributed by atoms with van der Waals surface area (Å²) in [4.78, 5) is 34.9. The topological polar surface area (TPSA) is 104 Å². The van der Waals surface area contributed by atoms with E-state index in [9.17, 15) is 23.2 Å². The minimum Gasteiger partial charge on any atom is -0.357 e. The fourth-order valence-electron chi connectivity index (χ4n) is 1.81. The lowest BCUT2D eigenvalue weighted by atomic mass is 10.1. The van der Waals surface area contributed by atoms with Gasteiger partial charge in [-0.1, -0.05) is 6.07 Å². The number of halogens is 2. The Morgan fingerprint density at radius 3 is 2.48 bits per heavy atom. The molecule has 2 aromatic rings. The SMILES string of the molecule is CNC(=O)[C@H](NC(=O)c1ccc(=O)[nH]n1)c1ccc(F)c(F)c1. The van der Waals surface area contributed by atoms with Gasteiger partial charge in [0.25, 0.3) is 11.5 Å². The molecule has 120 valence electrons. The second kappa shape index (κ2) is 6.77. The Kier molecular flexibility index (Phi) is 4.79. The van der Waals surface area contributed by atoms with E-state index in [4.69, 9.17) is 0 Å². The lowest BCUT2D eigenvalue weighted by Gasteiger charge is -2.17. The van der Waals surface area contributed by atoms with Crippen molar-refractivity contribution in [2.24, 2.45) is 0 Å². The monoisotopic (exact) mass is 322 g/mol. The van der Waals surface area contributed by atoms with Gasteiger partial charge in [-0.25, -0.2) is 13.9 Å². The molecule has 9 heteroatoms. The zero-order chi connectivity index (χ0) is 17.0. The third-order valence-corrected chi connectivity index (χ3v) is 2.97. The van der Waals surface area contributed by atoms with Crippen LogP contribution in [0.4, 0.5) is 8.78 Å². The zero-order valence-electron chi connectivity index (χ0n) is 11.9. The number of benzene rings is 1. The minimum atomic E-state index is -1.25. The number of aromatic amines is 1. The van der Waals surface area contributed by atoms with E-state index >= 15 is 0 Å². The molecule has 23 heavy (non-hydrogen) atoms. The number of carbonyl (C=O) groups is 2. The van der Waals surface area contributed by atoms with Gasteiger partial charge in [-0.2, -0.15) is 5.10 Å². The summed E-state index contributed by atoms with van der Waals surface area (Å²) in [6.07, 6.45) is 0. The molecule has 0 bridgehead atoms. The van der Waals surface area contributed by atoms with Crippen LogP contribution in [0.3, 0.4) is 0 Å². The second-order valence-corrected chi connectivity index (χ2v) is 4.50. The van der Waals surface area contributed by atoms with Crippen LogP contribution in [0.2, 0.25) is 0 Å². The molecule has 0 aliphatic heterocycles. The lowest BCUT2D eigenvalue weighted by molar-refractivity contribution is -0.122. The molecule has 0 radical (unpaired) electrons. The largest absolute Gasteiger partial charge is 0.357 e. The third-order valence-electron chi connectivity index (χ3n) is 2.97. The summed E-state index contributed by atoms with van der Waals surface area (Å²) in [5.74, 6) is -3.61. The minimum absolute atomic E-state index is 0.0565. The Hall–Kier alpha value is -3.10. The van der Waals surface area contributed by atoms with E-state index < -0.39 is 35.0 Å². The number of hydrogen-bond donors (Lipinski definition) is 3. The van der Waals surface area contributed by atoms with Crippen LogP contribution in [0, 0.1) is 11.6 Å². The predicted octanol–water partition coefficient (Wildman–Crippen LogP) is 0.265. The number of rotatable bonds is 4. The first-order chi connectivity index (χ1) is 10.9. The van der Waals surface area contributed by atoms with E-state index in [2.05, 4.69) is 20.8 Å². The van der Waals surface area contributed by atoms with Crippen LogP contribution >= 0.6 is 0 Å². The van der Waals surface area contributed by atoms with Gasteiger partial charge in [-0.3, -0.25) is 14.4 Å². The van der Waals surface area contributed by atoms with Crippen molar-refractivity contribution in [3.8, 4) is 0 Å². The van der Waals surface area contributed by atoms with Gasteiger partial charge in [0.1, 0.15) is 11.7 Å². The van der Waals surface area contributed by atoms with E-state index in [0.29, 0.717) is 0 Å². The van der Waals surface area contributed by atoms with Crippen molar-refractivity contribution in [1.82, 2.24) is 20.8 Å². The molecule has 7 nitrogen and oxygen atoms in total. The summed E-state index contributed by atoms with van der Waals surface area (Å²) in [7, 11) is 1.33. The van der Waals surface area contributed by atoms with Crippen LogP contribution < -0.4 is 16.2 Å². The van der Waals surface area contributed by atoms with E-state index in [1.807, 2.05) is 0 Å². The molecule has 1 heterocycles. The maximum Gasteiger partial charge on any atom is 0.272 e. The summed E-state index contributed by atoms with van der Waals surface area (Å²) in [5.41, 5.74) is -0.577. The van der Waals surface area contributed by atoms with E-state index in [1.165, 1.54) is 19.2 Å². The number of aromatic nitrogens is 2. The van der Waals surface area contributed by atoms with Crippen LogP contribution in [0.1, 0.15) is 22.1 Å². The van der Waals surface area contributed by atoms with Gasteiger partial charge in [0, 0.05) is 13.1 Å². The molecule has 0 aliphatic rings. The Labute approximate surface area is 128 Å². The zero-order valence-corrected chi connectivity index (χ0v) is 11.9. The van der Waals surface area contributed by atoms with Gasteiger partial charge in [0.15, 0.2) is 11.6 Å². The van der Waals surface area contributed by atoms with Gasteiger partial charge < -0.3 is 10.6 Å². The molecule has 0 spiro atoms. The average molecular weight is 322 g/mol. The molecule has 1 atom stereocenters. The highest BCUT2D eigenvalue weighted by atomic mass is 19.2. The Bertz CT molecular complexity index is 786. The van der Waals surface area contributed by atoms with E-state index in [-0.39, 0.29) is 11.3 Å². The Morgan fingerprint density at radius 2 is 1.91 bits per heavy atom. The van der Waals surface area contributed by atoms with Gasteiger partial charge >= 0.3 is 0 Å². The fourth-order valence-corrected chi connectivity index (χ4v) is 1.81. The van der Waals surface area contributed by atoms with Crippen molar-refractivity contribution >= 4 is 11.8 Å².